The van der Waals surface area contributed by atoms with Crippen molar-refractivity contribution in [3.05, 3.63) is 17.6 Å². The molecule has 25 heavy (non-hydrogen) atoms. The number of hydrogen-bond donors (Lipinski definition) is 2. The number of esters is 1. The Kier molecular flexibility index (Phi) is 11.9. The minimum absolute atomic E-state index is 0.190. The molecular formula is C19H34N2O4. The van der Waals surface area contributed by atoms with Gasteiger partial charge in [-0.25, -0.2) is 4.79 Å². The first kappa shape index (κ1) is 21.6. The van der Waals surface area contributed by atoms with Crippen LogP contribution in [-0.2, 0) is 9.53 Å². The Morgan fingerprint density at radius 1 is 0.920 bits per heavy atom. The summed E-state index contributed by atoms with van der Waals surface area (Å²) < 4.78 is 4.88. The molecule has 0 aromatic rings. The minimum atomic E-state index is -0.292. The van der Waals surface area contributed by atoms with Gasteiger partial charge in [-0.15, -0.1) is 4.91 Å². The van der Waals surface area contributed by atoms with Gasteiger partial charge in [-0.2, -0.15) is 0 Å². The second-order valence-corrected chi connectivity index (χ2v) is 7.11. The summed E-state index contributed by atoms with van der Waals surface area (Å²) in [5, 5.41) is 11.7. The van der Waals surface area contributed by atoms with E-state index in [1.165, 1.54) is 82.0 Å². The van der Waals surface area contributed by atoms with E-state index in [1.807, 2.05) is 0 Å². The van der Waals surface area contributed by atoms with Gasteiger partial charge in [0.1, 0.15) is 6.10 Å². The van der Waals surface area contributed by atoms with E-state index in [0.717, 1.165) is 24.9 Å². The van der Waals surface area contributed by atoms with Crippen molar-refractivity contribution in [1.29, 1.82) is 0 Å². The highest BCUT2D eigenvalue weighted by molar-refractivity contribution is 5.81. The van der Waals surface area contributed by atoms with E-state index in [-0.39, 0.29) is 12.1 Å². The zero-order chi connectivity index (χ0) is 18.3. The van der Waals surface area contributed by atoms with Gasteiger partial charge >= 0.3 is 5.97 Å². The lowest BCUT2D eigenvalue weighted by atomic mass is 9.91. The number of hydrogen-bond acceptors (Lipinski definition) is 5. The van der Waals surface area contributed by atoms with E-state index in [4.69, 9.17) is 14.9 Å². The molecule has 0 heterocycles. The average Bonchev–Trinajstić information content (AvgIpc) is 2.61. The van der Waals surface area contributed by atoms with Crippen molar-refractivity contribution in [3.63, 3.8) is 0 Å². The molecule has 0 radical (unpaired) electrons. The summed E-state index contributed by atoms with van der Waals surface area (Å²) in [7, 11) is 0. The fourth-order valence-corrected chi connectivity index (χ4v) is 3.57. The van der Waals surface area contributed by atoms with E-state index >= 15 is 0 Å². The van der Waals surface area contributed by atoms with Crippen molar-refractivity contribution in [2.45, 2.75) is 102 Å². The zero-order valence-electron chi connectivity index (χ0n) is 15.3. The van der Waals surface area contributed by atoms with Gasteiger partial charge in [0, 0.05) is 18.2 Å². The molecule has 2 N–H and O–H groups in total. The molecule has 0 aromatic carbocycles. The minimum Gasteiger partial charge on any atom is -0.459 e. The van der Waals surface area contributed by atoms with Crippen LogP contribution in [0.2, 0.25) is 0 Å². The summed E-state index contributed by atoms with van der Waals surface area (Å²) in [6, 6.07) is 1.74. The highest BCUT2D eigenvalue weighted by Crippen LogP contribution is 2.23. The van der Waals surface area contributed by atoms with Gasteiger partial charge in [0.25, 0.3) is 0 Å². The molecule has 0 bridgehead atoms. The maximum absolute atomic E-state index is 10.5. The molecule has 0 aliphatic heterocycles. The SMILES string of the molecule is C1CCC(NC2CCCCC2)CC1.C=CC(=O)OC1CCC1.O=NO. The molecule has 0 spiro atoms. The Hall–Kier alpha value is -1.43. The lowest BCUT2D eigenvalue weighted by molar-refractivity contribution is -0.146. The second kappa shape index (κ2) is 13.8. The van der Waals surface area contributed by atoms with Crippen LogP contribution in [-0.4, -0.2) is 29.4 Å². The van der Waals surface area contributed by atoms with Crippen molar-refractivity contribution in [1.82, 2.24) is 5.32 Å². The Labute approximate surface area is 151 Å². The highest BCUT2D eigenvalue weighted by atomic mass is 16.6. The van der Waals surface area contributed by atoms with Crippen LogP contribution in [0.5, 0.6) is 0 Å². The molecule has 0 amide bonds. The van der Waals surface area contributed by atoms with Crippen LogP contribution in [0, 0.1) is 4.91 Å². The molecule has 0 saturated heterocycles. The Morgan fingerprint density at radius 3 is 1.68 bits per heavy atom. The normalized spacial score (nSPS) is 21.4. The third-order valence-electron chi connectivity index (χ3n) is 5.18. The lowest BCUT2D eigenvalue weighted by Crippen LogP contribution is -2.40. The fraction of sp³-hybridized carbons (Fsp3) is 0.842. The van der Waals surface area contributed by atoms with Crippen molar-refractivity contribution in [2.75, 3.05) is 0 Å². The standard InChI is InChI=1S/C12H23N.C7H10O2.HNO2/c1-3-7-11(8-4-1)13-12-9-5-2-6-10-12;1-2-7(8)9-6-4-3-5-6;2-1-3/h11-13H,1-10H2;2,6H,1,3-5H2;(H,2,3). The fourth-order valence-electron chi connectivity index (χ4n) is 3.57. The molecule has 0 unspecified atom stereocenters. The molecule has 3 aliphatic rings. The van der Waals surface area contributed by atoms with Gasteiger partial charge in [-0.1, -0.05) is 45.1 Å². The first-order chi connectivity index (χ1) is 12.2. The maximum atomic E-state index is 10.5. The highest BCUT2D eigenvalue weighted by Gasteiger charge is 2.20. The van der Waals surface area contributed by atoms with Crippen LogP contribution in [0.25, 0.3) is 0 Å². The smallest absolute Gasteiger partial charge is 0.330 e. The summed E-state index contributed by atoms with van der Waals surface area (Å²) in [5.41, 5.74) is 0. The predicted molar refractivity (Wildman–Crippen MR) is 98.4 cm³/mol. The number of nitrogens with one attached hydrogen (secondary N) is 1. The van der Waals surface area contributed by atoms with E-state index < -0.39 is 0 Å². The van der Waals surface area contributed by atoms with Gasteiger partial charge < -0.3 is 15.3 Å². The van der Waals surface area contributed by atoms with Crippen LogP contribution in [0.15, 0.2) is 18.0 Å². The van der Waals surface area contributed by atoms with Gasteiger partial charge in [0.15, 0.2) is 5.34 Å². The predicted octanol–water partition coefficient (Wildman–Crippen LogP) is 4.65. The number of rotatable bonds is 4. The maximum Gasteiger partial charge on any atom is 0.330 e. The Morgan fingerprint density at radius 2 is 1.36 bits per heavy atom. The van der Waals surface area contributed by atoms with Crippen LogP contribution < -0.4 is 5.32 Å². The van der Waals surface area contributed by atoms with E-state index in [1.54, 1.807) is 0 Å². The topological polar surface area (TPSA) is 88.0 Å². The van der Waals surface area contributed by atoms with Gasteiger partial charge in [0.05, 0.1) is 0 Å². The Bertz CT molecular complexity index is 358. The van der Waals surface area contributed by atoms with Crippen LogP contribution in [0.4, 0.5) is 0 Å². The van der Waals surface area contributed by atoms with Gasteiger partial charge in [-0.3, -0.25) is 0 Å². The molecule has 3 rings (SSSR count). The number of ether oxygens (including phenoxy) is 1. The van der Waals surface area contributed by atoms with Crippen molar-refractivity contribution in [2.24, 2.45) is 5.34 Å². The van der Waals surface area contributed by atoms with Gasteiger partial charge in [0.2, 0.25) is 0 Å². The van der Waals surface area contributed by atoms with Crippen LogP contribution >= 0.6 is 0 Å². The average molecular weight is 354 g/mol. The molecule has 3 saturated carbocycles. The van der Waals surface area contributed by atoms with E-state index in [2.05, 4.69) is 11.9 Å². The van der Waals surface area contributed by atoms with E-state index in [0.29, 0.717) is 0 Å². The number of carbonyl (C=O) groups is 1. The van der Waals surface area contributed by atoms with E-state index in [9.17, 15) is 4.79 Å². The van der Waals surface area contributed by atoms with Gasteiger partial charge in [-0.05, 0) is 44.9 Å². The number of nitrogens with zero attached hydrogens (tertiary/aromatic N) is 1. The molecule has 6 heteroatoms. The third kappa shape index (κ3) is 10.2. The van der Waals surface area contributed by atoms with Crippen molar-refractivity contribution >= 4 is 5.97 Å². The number of carbonyl (C=O) groups excluding carboxylic acids is 1. The van der Waals surface area contributed by atoms with Crippen molar-refractivity contribution < 1.29 is 14.7 Å². The lowest BCUT2D eigenvalue weighted by Gasteiger charge is -2.30. The second-order valence-electron chi connectivity index (χ2n) is 7.11. The summed E-state index contributed by atoms with van der Waals surface area (Å²) in [6.45, 7) is 3.30. The molecule has 0 atom stereocenters. The first-order valence-corrected chi connectivity index (χ1v) is 9.75. The first-order valence-electron chi connectivity index (χ1n) is 9.75. The molecular weight excluding hydrogens is 320 g/mol. The summed E-state index contributed by atoms with van der Waals surface area (Å²) in [5.74, 6) is -0.292. The summed E-state index contributed by atoms with van der Waals surface area (Å²) in [4.78, 5) is 18.6. The van der Waals surface area contributed by atoms with Crippen molar-refractivity contribution in [3.8, 4) is 0 Å². The van der Waals surface area contributed by atoms with Crippen LogP contribution in [0.1, 0.15) is 83.5 Å². The zero-order valence-corrected chi connectivity index (χ0v) is 15.3. The molecule has 0 aromatic heterocycles. The third-order valence-corrected chi connectivity index (χ3v) is 5.18. The Balaban J connectivity index is 0.000000228. The van der Waals surface area contributed by atoms with Crippen LogP contribution in [0.3, 0.4) is 0 Å². The summed E-state index contributed by atoms with van der Waals surface area (Å²) in [6.07, 6.45) is 19.2. The molecule has 3 aliphatic carbocycles. The largest absolute Gasteiger partial charge is 0.459 e. The molecule has 6 nitrogen and oxygen atoms in total. The monoisotopic (exact) mass is 354 g/mol. The summed E-state index contributed by atoms with van der Waals surface area (Å²) >= 11 is 0. The molecule has 3 fully saturated rings. The quantitative estimate of drug-likeness (QED) is 0.332. The molecule has 144 valence electrons.